The molecule has 2 aromatic carbocycles. The van der Waals surface area contributed by atoms with E-state index in [1.807, 2.05) is 25.1 Å². The zero-order chi connectivity index (χ0) is 23.7. The highest BCUT2D eigenvalue weighted by Crippen LogP contribution is 2.37. The predicted molar refractivity (Wildman–Crippen MR) is 130 cm³/mol. The van der Waals surface area contributed by atoms with Crippen LogP contribution in [-0.2, 0) is 14.2 Å². The highest BCUT2D eigenvalue weighted by atomic mass is 35.5. The molecule has 2 fully saturated rings. The van der Waals surface area contributed by atoms with Crippen LogP contribution in [0.2, 0.25) is 10.0 Å². The van der Waals surface area contributed by atoms with E-state index in [4.69, 9.17) is 46.9 Å². The largest absolute Gasteiger partial charge is 0.493 e. The minimum absolute atomic E-state index is 0.0200. The van der Waals surface area contributed by atoms with Crippen molar-refractivity contribution in [3.8, 4) is 11.5 Å². The number of benzene rings is 2. The van der Waals surface area contributed by atoms with Crippen LogP contribution in [0.15, 0.2) is 36.7 Å². The van der Waals surface area contributed by atoms with Crippen molar-refractivity contribution in [1.29, 1.82) is 0 Å². The van der Waals surface area contributed by atoms with E-state index < -0.39 is 0 Å². The summed E-state index contributed by atoms with van der Waals surface area (Å²) in [5.41, 5.74) is 1.47. The van der Waals surface area contributed by atoms with Crippen molar-refractivity contribution in [3.63, 3.8) is 0 Å². The Hall–Kier alpha value is -2.36. The lowest BCUT2D eigenvalue weighted by atomic mass is 10.0. The Morgan fingerprint density at radius 2 is 1.88 bits per heavy atom. The minimum atomic E-state index is -0.0465. The average Bonchev–Trinajstić information content (AvgIpc) is 3.43. The average molecular weight is 506 g/mol. The van der Waals surface area contributed by atoms with E-state index in [1.54, 1.807) is 19.2 Å². The van der Waals surface area contributed by atoms with Gasteiger partial charge >= 0.3 is 0 Å². The summed E-state index contributed by atoms with van der Waals surface area (Å²) in [5.74, 6) is 1.89. The number of hydrogen-bond donors (Lipinski definition) is 1. The van der Waals surface area contributed by atoms with Gasteiger partial charge in [-0.15, -0.1) is 0 Å². The molecule has 0 bridgehead atoms. The monoisotopic (exact) mass is 505 g/mol. The number of methoxy groups -OCH3 is 1. The Labute approximate surface area is 207 Å². The van der Waals surface area contributed by atoms with E-state index in [2.05, 4.69) is 15.3 Å². The van der Waals surface area contributed by atoms with Crippen LogP contribution in [0.3, 0.4) is 0 Å². The van der Waals surface area contributed by atoms with Crippen molar-refractivity contribution in [1.82, 2.24) is 9.97 Å². The number of aromatic nitrogens is 2. The highest BCUT2D eigenvalue weighted by molar-refractivity contribution is 6.42. The van der Waals surface area contributed by atoms with Gasteiger partial charge in [-0.3, -0.25) is 0 Å². The number of fused-ring (bicyclic) bond motifs is 2. The van der Waals surface area contributed by atoms with Gasteiger partial charge in [0.1, 0.15) is 24.4 Å². The lowest BCUT2D eigenvalue weighted by Gasteiger charge is -2.18. The first-order chi connectivity index (χ1) is 16.6. The number of nitrogens with one attached hydrogen (secondary N) is 1. The van der Waals surface area contributed by atoms with Gasteiger partial charge in [-0.05, 0) is 31.2 Å². The molecule has 3 aromatic rings. The minimum Gasteiger partial charge on any atom is -0.493 e. The molecule has 0 spiro atoms. The summed E-state index contributed by atoms with van der Waals surface area (Å²) < 4.78 is 29.4. The third-order valence-corrected chi connectivity index (χ3v) is 6.79. The van der Waals surface area contributed by atoms with Gasteiger partial charge in [0, 0.05) is 29.7 Å². The van der Waals surface area contributed by atoms with E-state index >= 15 is 0 Å². The highest BCUT2D eigenvalue weighted by Gasteiger charge is 2.48. The van der Waals surface area contributed by atoms with Gasteiger partial charge in [0.2, 0.25) is 0 Å². The van der Waals surface area contributed by atoms with Gasteiger partial charge in [-0.1, -0.05) is 23.2 Å². The Bertz CT molecular complexity index is 1180. The molecule has 180 valence electrons. The molecular formula is C24H25Cl2N3O5. The maximum atomic E-state index is 6.17. The van der Waals surface area contributed by atoms with Crippen molar-refractivity contribution in [2.45, 2.75) is 25.2 Å². The molecule has 8 nitrogen and oxygen atoms in total. The zero-order valence-electron chi connectivity index (χ0n) is 18.8. The smallest absolute Gasteiger partial charge is 0.163 e. The topological polar surface area (TPSA) is 84.0 Å². The molecule has 10 heteroatoms. The molecule has 2 aliphatic rings. The number of ether oxygens (including phenoxy) is 5. The Balaban J connectivity index is 1.34. The molecule has 0 radical (unpaired) electrons. The fourth-order valence-corrected chi connectivity index (χ4v) is 4.68. The summed E-state index contributed by atoms with van der Waals surface area (Å²) in [6.45, 7) is 4.16. The second kappa shape index (κ2) is 10.1. The number of halogens is 2. The Kier molecular flexibility index (Phi) is 6.94. The summed E-state index contributed by atoms with van der Waals surface area (Å²) in [7, 11) is 1.60. The van der Waals surface area contributed by atoms with Crippen molar-refractivity contribution in [3.05, 3.63) is 46.7 Å². The molecule has 1 aromatic heterocycles. The molecule has 0 saturated carbocycles. The van der Waals surface area contributed by atoms with Crippen molar-refractivity contribution >= 4 is 45.6 Å². The molecule has 3 heterocycles. The summed E-state index contributed by atoms with van der Waals surface area (Å²) in [5, 5.41) is 4.98. The molecule has 5 rings (SSSR count). The normalized spacial score (nSPS) is 23.8. The summed E-state index contributed by atoms with van der Waals surface area (Å²) >= 11 is 12.2. The molecule has 1 N–H and O–H groups in total. The molecule has 2 saturated heterocycles. The fourth-order valence-electron chi connectivity index (χ4n) is 4.39. The number of rotatable bonds is 8. The van der Waals surface area contributed by atoms with E-state index in [-0.39, 0.29) is 24.2 Å². The summed E-state index contributed by atoms with van der Waals surface area (Å²) in [6, 6.07) is 9.00. The standard InChI is InChI=1S/C24H25Cl2N3O5/c1-3-31-21-11-34-22-13(10-33-23(21)22)9-32-20-8-18-15(7-19(20)30-2)24(28-12-27-18)29-14-4-5-16(25)17(26)6-14/h4-8,12-13,21-23H,3,9-11H2,1-2H3,(H,27,28,29)/t13-,21-,22+,23-/m0/s1. The molecule has 0 aliphatic carbocycles. The zero-order valence-corrected chi connectivity index (χ0v) is 20.3. The first kappa shape index (κ1) is 23.4. The van der Waals surface area contributed by atoms with Crippen LogP contribution in [-0.4, -0.2) is 61.8 Å². The molecule has 2 aliphatic heterocycles. The van der Waals surface area contributed by atoms with E-state index in [0.717, 1.165) is 11.1 Å². The van der Waals surface area contributed by atoms with Gasteiger partial charge in [-0.25, -0.2) is 9.97 Å². The van der Waals surface area contributed by atoms with Crippen LogP contribution >= 0.6 is 23.2 Å². The van der Waals surface area contributed by atoms with Gasteiger partial charge in [0.15, 0.2) is 11.5 Å². The molecule has 0 amide bonds. The quantitative estimate of drug-likeness (QED) is 0.463. The Morgan fingerprint density at radius 3 is 2.68 bits per heavy atom. The van der Waals surface area contributed by atoms with Crippen LogP contribution in [0.1, 0.15) is 6.92 Å². The maximum Gasteiger partial charge on any atom is 0.163 e. The van der Waals surface area contributed by atoms with Crippen LogP contribution in [0.25, 0.3) is 10.9 Å². The molecule has 0 unspecified atom stereocenters. The number of anilines is 2. The molecule has 4 atom stereocenters. The van der Waals surface area contributed by atoms with E-state index in [9.17, 15) is 0 Å². The van der Waals surface area contributed by atoms with Crippen LogP contribution < -0.4 is 14.8 Å². The van der Waals surface area contributed by atoms with Gasteiger partial charge in [0.05, 0.1) is 48.6 Å². The number of nitrogens with zero attached hydrogens (tertiary/aromatic N) is 2. The third-order valence-electron chi connectivity index (χ3n) is 6.05. The van der Waals surface area contributed by atoms with Gasteiger partial charge in [0.25, 0.3) is 0 Å². The Morgan fingerprint density at radius 1 is 1.03 bits per heavy atom. The SMILES string of the molecule is CCO[C@H]1CO[C@@H]2[C@@H](COc3cc4ncnc(Nc5ccc(Cl)c(Cl)c5)c4cc3OC)CO[C@H]21. The third kappa shape index (κ3) is 4.61. The molecule has 34 heavy (non-hydrogen) atoms. The first-order valence-electron chi connectivity index (χ1n) is 11.1. The van der Waals surface area contributed by atoms with E-state index in [1.165, 1.54) is 6.33 Å². The maximum absolute atomic E-state index is 6.17. The first-order valence-corrected chi connectivity index (χ1v) is 11.9. The van der Waals surface area contributed by atoms with Crippen molar-refractivity contribution < 1.29 is 23.7 Å². The van der Waals surface area contributed by atoms with Crippen molar-refractivity contribution in [2.24, 2.45) is 5.92 Å². The predicted octanol–water partition coefficient (Wildman–Crippen LogP) is 4.89. The van der Waals surface area contributed by atoms with E-state index in [0.29, 0.717) is 59.3 Å². The van der Waals surface area contributed by atoms with Crippen molar-refractivity contribution in [2.75, 3.05) is 38.9 Å². The van der Waals surface area contributed by atoms with Gasteiger partial charge in [-0.2, -0.15) is 0 Å². The van der Waals surface area contributed by atoms with Gasteiger partial charge < -0.3 is 29.0 Å². The number of hydrogen-bond acceptors (Lipinski definition) is 8. The molecular weight excluding hydrogens is 481 g/mol. The fraction of sp³-hybridized carbons (Fsp3) is 0.417. The van der Waals surface area contributed by atoms with Crippen LogP contribution in [0.4, 0.5) is 11.5 Å². The van der Waals surface area contributed by atoms with Crippen LogP contribution in [0.5, 0.6) is 11.5 Å². The second-order valence-corrected chi connectivity index (χ2v) is 8.97. The van der Waals surface area contributed by atoms with Crippen LogP contribution in [0, 0.1) is 5.92 Å². The lowest BCUT2D eigenvalue weighted by molar-refractivity contribution is -0.0286. The lowest BCUT2D eigenvalue weighted by Crippen LogP contribution is -2.32. The summed E-state index contributed by atoms with van der Waals surface area (Å²) in [6.07, 6.45) is 1.39. The summed E-state index contributed by atoms with van der Waals surface area (Å²) in [4.78, 5) is 8.80. The second-order valence-electron chi connectivity index (χ2n) is 8.16.